The Morgan fingerprint density at radius 2 is 1.85 bits per heavy atom. The van der Waals surface area contributed by atoms with E-state index in [1.807, 2.05) is 47.1 Å². The molecule has 1 aliphatic carbocycles. The Balaban J connectivity index is 1.30. The van der Waals surface area contributed by atoms with Crippen LogP contribution in [0.3, 0.4) is 0 Å². The van der Waals surface area contributed by atoms with Crippen LogP contribution < -0.4 is 16.0 Å². The lowest BCUT2D eigenvalue weighted by atomic mass is 10.00. The maximum absolute atomic E-state index is 14.6. The summed E-state index contributed by atoms with van der Waals surface area (Å²) in [6.07, 6.45) is 5.82. The molecule has 0 radical (unpaired) electrons. The summed E-state index contributed by atoms with van der Waals surface area (Å²) in [4.78, 5) is 50.3. The molecule has 14 heteroatoms. The Morgan fingerprint density at radius 3 is 2.61 bits per heavy atom. The molecule has 5 atom stereocenters. The number of carbonyl (C=O) groups is 3. The van der Waals surface area contributed by atoms with Crippen molar-refractivity contribution in [1.82, 2.24) is 24.8 Å². The van der Waals surface area contributed by atoms with Crippen LogP contribution in [0.1, 0.15) is 48.7 Å². The third-order valence-electron chi connectivity index (χ3n) is 8.07. The van der Waals surface area contributed by atoms with E-state index in [-0.39, 0.29) is 17.8 Å². The van der Waals surface area contributed by atoms with Gasteiger partial charge in [0, 0.05) is 13.0 Å². The number of ether oxygens (including phenoxy) is 2. The summed E-state index contributed by atoms with van der Waals surface area (Å²) in [6.45, 7) is 4.02. The number of aromatic nitrogens is 4. The number of hydrogen-bond donors (Lipinski definition) is 4. The predicted octanol–water partition coefficient (Wildman–Crippen LogP) is 4.61. The number of benzene rings is 2. The highest BCUT2D eigenvalue weighted by atomic mass is 19.1. The van der Waals surface area contributed by atoms with E-state index in [1.165, 1.54) is 18.5 Å². The van der Waals surface area contributed by atoms with E-state index in [2.05, 4.69) is 30.9 Å². The number of carboxylic acids is 1. The van der Waals surface area contributed by atoms with E-state index in [0.717, 1.165) is 11.6 Å². The average molecular weight is 630 g/mol. The second-order valence-corrected chi connectivity index (χ2v) is 11.2. The number of carboxylic acid groups (broad SMARTS) is 1. The monoisotopic (exact) mass is 629 g/mol. The summed E-state index contributed by atoms with van der Waals surface area (Å²) in [5, 5.41) is 17.3. The first-order chi connectivity index (χ1) is 22.2. The highest BCUT2D eigenvalue weighted by molar-refractivity contribution is 6.00. The smallest absolute Gasteiger partial charge is 0.337 e. The first-order valence-corrected chi connectivity index (χ1v) is 14.8. The van der Waals surface area contributed by atoms with Gasteiger partial charge in [-0.15, -0.1) is 0 Å². The number of urea groups is 1. The van der Waals surface area contributed by atoms with Crippen molar-refractivity contribution in [2.75, 3.05) is 17.2 Å². The van der Waals surface area contributed by atoms with Crippen molar-refractivity contribution in [3.8, 4) is 0 Å². The van der Waals surface area contributed by atoms with Crippen molar-refractivity contribution in [2.45, 2.75) is 50.7 Å². The fourth-order valence-electron chi connectivity index (χ4n) is 6.06. The van der Waals surface area contributed by atoms with Crippen molar-refractivity contribution in [1.29, 1.82) is 0 Å². The van der Waals surface area contributed by atoms with E-state index >= 15 is 0 Å². The molecule has 2 fully saturated rings. The van der Waals surface area contributed by atoms with Gasteiger partial charge in [0.1, 0.15) is 18.2 Å². The molecule has 2 aromatic carbocycles. The Morgan fingerprint density at radius 1 is 1.07 bits per heavy atom. The van der Waals surface area contributed by atoms with Gasteiger partial charge < -0.3 is 29.8 Å². The van der Waals surface area contributed by atoms with Crippen molar-refractivity contribution < 1.29 is 33.4 Å². The fourth-order valence-corrected chi connectivity index (χ4v) is 6.06. The van der Waals surface area contributed by atoms with Gasteiger partial charge in [-0.2, -0.15) is 0 Å². The first-order valence-electron chi connectivity index (χ1n) is 14.8. The van der Waals surface area contributed by atoms with Gasteiger partial charge in [-0.1, -0.05) is 42.5 Å². The SMILES string of the molecule is CCNC(=O)Nc1ncnc2c1ncn2C1CC(CC(=O)Nc2c(F)cccc2C(=O)O)C2OC(C)(/C=C/c3ccccc3)OC21. The number of imidazole rings is 1. The molecule has 0 bridgehead atoms. The summed E-state index contributed by atoms with van der Waals surface area (Å²) in [5.41, 5.74) is 1.03. The highest BCUT2D eigenvalue weighted by Gasteiger charge is 2.56. The number of aromatic carboxylic acids is 1. The van der Waals surface area contributed by atoms with Gasteiger partial charge in [-0.3, -0.25) is 10.1 Å². The molecule has 1 saturated heterocycles. The van der Waals surface area contributed by atoms with Gasteiger partial charge in [0.2, 0.25) is 5.91 Å². The second kappa shape index (κ2) is 12.7. The van der Waals surface area contributed by atoms with Crippen molar-refractivity contribution >= 4 is 46.7 Å². The summed E-state index contributed by atoms with van der Waals surface area (Å²) in [7, 11) is 0. The molecular weight excluding hydrogens is 597 g/mol. The third-order valence-corrected chi connectivity index (χ3v) is 8.07. The van der Waals surface area contributed by atoms with Crippen molar-refractivity contribution in [2.24, 2.45) is 5.92 Å². The zero-order valence-corrected chi connectivity index (χ0v) is 25.0. The number of nitrogens with zero attached hydrogens (tertiary/aromatic N) is 4. The molecule has 4 aromatic rings. The van der Waals surface area contributed by atoms with Crippen LogP contribution in [0.15, 0.2) is 67.3 Å². The number of rotatable bonds is 9. The van der Waals surface area contributed by atoms with E-state index in [9.17, 15) is 23.9 Å². The Kier molecular flexibility index (Phi) is 8.47. The largest absolute Gasteiger partial charge is 0.478 e. The normalized spacial score (nSPS) is 23.8. The number of nitrogens with one attached hydrogen (secondary N) is 3. The minimum absolute atomic E-state index is 0.0987. The van der Waals surface area contributed by atoms with Crippen LogP contribution in [0.4, 0.5) is 20.7 Å². The van der Waals surface area contributed by atoms with Crippen LogP contribution in [-0.4, -0.2) is 67.1 Å². The minimum atomic E-state index is -1.36. The van der Waals surface area contributed by atoms with E-state index < -0.39 is 59.4 Å². The molecule has 3 amide bonds. The molecule has 3 heterocycles. The van der Waals surface area contributed by atoms with E-state index in [0.29, 0.717) is 24.1 Å². The van der Waals surface area contributed by atoms with Gasteiger partial charge in [0.25, 0.3) is 0 Å². The fraction of sp³-hybridized carbons (Fsp3) is 0.312. The molecule has 4 N–H and O–H groups in total. The maximum atomic E-state index is 14.6. The van der Waals surface area contributed by atoms with E-state index in [4.69, 9.17) is 9.47 Å². The maximum Gasteiger partial charge on any atom is 0.337 e. The van der Waals surface area contributed by atoms with Gasteiger partial charge in [0.05, 0.1) is 29.7 Å². The molecule has 2 aromatic heterocycles. The zero-order chi connectivity index (χ0) is 32.4. The molecule has 1 saturated carbocycles. The Labute approximate surface area is 262 Å². The molecule has 46 heavy (non-hydrogen) atoms. The third kappa shape index (κ3) is 6.17. The van der Waals surface area contributed by atoms with Crippen LogP contribution in [0.5, 0.6) is 0 Å². The quantitative estimate of drug-likeness (QED) is 0.207. The molecule has 5 unspecified atom stereocenters. The topological polar surface area (TPSA) is 170 Å². The van der Waals surface area contributed by atoms with Gasteiger partial charge in [-0.05, 0) is 50.0 Å². The lowest BCUT2D eigenvalue weighted by Crippen LogP contribution is -2.29. The highest BCUT2D eigenvalue weighted by Crippen LogP contribution is 2.49. The minimum Gasteiger partial charge on any atom is -0.478 e. The molecule has 13 nitrogen and oxygen atoms in total. The number of fused-ring (bicyclic) bond motifs is 2. The summed E-state index contributed by atoms with van der Waals surface area (Å²) >= 11 is 0. The number of anilines is 2. The van der Waals surface area contributed by atoms with Crippen LogP contribution >= 0.6 is 0 Å². The van der Waals surface area contributed by atoms with Gasteiger partial charge in [-0.25, -0.2) is 28.9 Å². The first kappa shape index (κ1) is 30.8. The van der Waals surface area contributed by atoms with Gasteiger partial charge in [0.15, 0.2) is 22.8 Å². The van der Waals surface area contributed by atoms with Crippen LogP contribution in [0.25, 0.3) is 17.2 Å². The molecule has 6 rings (SSSR count). The van der Waals surface area contributed by atoms with Crippen LogP contribution in [-0.2, 0) is 14.3 Å². The zero-order valence-electron chi connectivity index (χ0n) is 25.0. The lowest BCUT2D eigenvalue weighted by molar-refractivity contribution is -0.139. The molecule has 1 aliphatic heterocycles. The summed E-state index contributed by atoms with van der Waals surface area (Å²) in [5.74, 6) is -4.10. The molecule has 0 spiro atoms. The molecular formula is C32H32FN7O6. The number of para-hydroxylation sites is 1. The van der Waals surface area contributed by atoms with Gasteiger partial charge >= 0.3 is 12.0 Å². The second-order valence-electron chi connectivity index (χ2n) is 11.2. The summed E-state index contributed by atoms with van der Waals surface area (Å²) < 4.78 is 29.5. The Bertz CT molecular complexity index is 1820. The average Bonchev–Trinajstić information content (AvgIpc) is 3.70. The number of amides is 3. The van der Waals surface area contributed by atoms with Crippen LogP contribution in [0, 0.1) is 11.7 Å². The Hall–Kier alpha value is -5.21. The molecule has 2 aliphatic rings. The van der Waals surface area contributed by atoms with Crippen LogP contribution in [0.2, 0.25) is 0 Å². The number of hydrogen-bond acceptors (Lipinski definition) is 8. The predicted molar refractivity (Wildman–Crippen MR) is 165 cm³/mol. The lowest BCUT2D eigenvalue weighted by Gasteiger charge is -2.25. The van der Waals surface area contributed by atoms with Crippen molar-refractivity contribution in [3.05, 3.63) is 84.2 Å². The standard InChI is InChI=1S/C32H32FN7O6/c1-3-34-31(44)39-28-25-29(36-16-35-28)40(17-37-25)22-14-19(15-23(41)38-24-20(30(42)43)10-7-11-21(24)33)26-27(22)46-32(2,45-26)13-12-18-8-5-4-6-9-18/h4-13,16-17,19,22,26-27H,3,14-15H2,1-2H3,(H,38,41)(H,42,43)(H2,34,35,36,39,44)/b13-12+. The van der Waals surface area contributed by atoms with Crippen molar-refractivity contribution in [3.63, 3.8) is 0 Å². The molecule has 238 valence electrons. The van der Waals surface area contributed by atoms with E-state index in [1.54, 1.807) is 20.2 Å². The number of carbonyl (C=O) groups excluding carboxylic acids is 2. The number of halogens is 1. The summed E-state index contributed by atoms with van der Waals surface area (Å²) in [6, 6.07) is 12.4.